The molecule has 1 atom stereocenters. The number of carboxylic acid groups (broad SMARTS) is 1. The standard InChI is InChI=1S/C16H21NO6/c1-16(2,3)23-15(21)17-11(14(19)20)9-12(18)10-7-5-6-8-13(10)22-4/h5-8,11H,9H2,1-4H3,(H,17,21)(H,19,20). The molecule has 0 aliphatic heterocycles. The zero-order valence-electron chi connectivity index (χ0n) is 13.6. The van der Waals surface area contributed by atoms with Gasteiger partial charge in [0.15, 0.2) is 5.78 Å². The largest absolute Gasteiger partial charge is 0.496 e. The molecule has 0 radical (unpaired) electrons. The van der Waals surface area contributed by atoms with E-state index in [1.54, 1.807) is 39.0 Å². The van der Waals surface area contributed by atoms with Crippen LogP contribution in [0.15, 0.2) is 24.3 Å². The lowest BCUT2D eigenvalue weighted by molar-refractivity contribution is -0.139. The van der Waals surface area contributed by atoms with Crippen molar-refractivity contribution in [3.8, 4) is 5.75 Å². The van der Waals surface area contributed by atoms with E-state index in [1.165, 1.54) is 13.2 Å². The Hall–Kier alpha value is -2.57. The van der Waals surface area contributed by atoms with Crippen molar-refractivity contribution in [3.05, 3.63) is 29.8 Å². The topological polar surface area (TPSA) is 102 Å². The van der Waals surface area contributed by atoms with Gasteiger partial charge < -0.3 is 19.9 Å². The molecule has 0 aromatic heterocycles. The second kappa shape index (κ2) is 7.62. The van der Waals surface area contributed by atoms with E-state index >= 15 is 0 Å². The fourth-order valence-electron chi connectivity index (χ4n) is 1.82. The van der Waals surface area contributed by atoms with Gasteiger partial charge in [0.05, 0.1) is 12.7 Å². The molecule has 1 aromatic rings. The smallest absolute Gasteiger partial charge is 0.408 e. The van der Waals surface area contributed by atoms with E-state index in [9.17, 15) is 19.5 Å². The minimum absolute atomic E-state index is 0.257. The first-order chi connectivity index (χ1) is 10.6. The van der Waals surface area contributed by atoms with Crippen molar-refractivity contribution in [2.24, 2.45) is 0 Å². The van der Waals surface area contributed by atoms with Crippen LogP contribution in [-0.2, 0) is 9.53 Å². The number of amides is 1. The molecule has 0 heterocycles. The summed E-state index contributed by atoms with van der Waals surface area (Å²) in [6.07, 6.45) is -1.30. The summed E-state index contributed by atoms with van der Waals surface area (Å²) in [5.41, 5.74) is -0.507. The van der Waals surface area contributed by atoms with Gasteiger partial charge >= 0.3 is 12.1 Å². The number of alkyl carbamates (subject to hydrolysis) is 1. The molecule has 0 aliphatic carbocycles. The summed E-state index contributed by atoms with van der Waals surface area (Å²) >= 11 is 0. The third-order valence-corrected chi connectivity index (χ3v) is 2.79. The van der Waals surface area contributed by atoms with E-state index in [1.807, 2.05) is 0 Å². The molecule has 23 heavy (non-hydrogen) atoms. The van der Waals surface area contributed by atoms with Crippen LogP contribution in [0.1, 0.15) is 37.6 Å². The molecule has 1 aromatic carbocycles. The maximum Gasteiger partial charge on any atom is 0.408 e. The van der Waals surface area contributed by atoms with Crippen LogP contribution in [0.3, 0.4) is 0 Å². The average Bonchev–Trinajstić information content (AvgIpc) is 2.44. The van der Waals surface area contributed by atoms with E-state index in [4.69, 9.17) is 9.47 Å². The number of benzene rings is 1. The number of nitrogens with one attached hydrogen (secondary N) is 1. The van der Waals surface area contributed by atoms with Crippen molar-refractivity contribution in [1.29, 1.82) is 0 Å². The number of aliphatic carboxylic acids is 1. The number of hydrogen-bond acceptors (Lipinski definition) is 5. The third-order valence-electron chi connectivity index (χ3n) is 2.79. The Morgan fingerprint density at radius 1 is 1.22 bits per heavy atom. The number of Topliss-reactive ketones (excluding diaryl/α,β-unsaturated/α-hetero) is 1. The van der Waals surface area contributed by atoms with Gasteiger partial charge in [-0.25, -0.2) is 9.59 Å². The lowest BCUT2D eigenvalue weighted by atomic mass is 10.0. The van der Waals surface area contributed by atoms with Crippen LogP contribution < -0.4 is 10.1 Å². The van der Waals surface area contributed by atoms with E-state index < -0.39 is 35.9 Å². The van der Waals surface area contributed by atoms with Crippen LogP contribution in [0.25, 0.3) is 0 Å². The monoisotopic (exact) mass is 323 g/mol. The Morgan fingerprint density at radius 2 is 1.83 bits per heavy atom. The summed E-state index contributed by atoms with van der Waals surface area (Å²) in [7, 11) is 1.42. The predicted molar refractivity (Wildman–Crippen MR) is 82.7 cm³/mol. The number of carbonyl (C=O) groups excluding carboxylic acids is 2. The first kappa shape index (κ1) is 18.5. The van der Waals surface area contributed by atoms with Crippen LogP contribution >= 0.6 is 0 Å². The van der Waals surface area contributed by atoms with Crippen LogP contribution in [0.4, 0.5) is 4.79 Å². The van der Waals surface area contributed by atoms with Gasteiger partial charge in [0.1, 0.15) is 17.4 Å². The number of ketones is 1. The zero-order chi connectivity index (χ0) is 17.6. The number of carbonyl (C=O) groups is 3. The lowest BCUT2D eigenvalue weighted by Crippen LogP contribution is -2.44. The van der Waals surface area contributed by atoms with Gasteiger partial charge in [0.25, 0.3) is 0 Å². The summed E-state index contributed by atoms with van der Waals surface area (Å²) in [4.78, 5) is 35.2. The Balaban J connectivity index is 2.82. The molecule has 0 spiro atoms. The first-order valence-electron chi connectivity index (χ1n) is 7.02. The van der Waals surface area contributed by atoms with Gasteiger partial charge in [0.2, 0.25) is 0 Å². The van der Waals surface area contributed by atoms with Crippen molar-refractivity contribution in [3.63, 3.8) is 0 Å². The fourth-order valence-corrected chi connectivity index (χ4v) is 1.82. The average molecular weight is 323 g/mol. The van der Waals surface area contributed by atoms with E-state index in [0.717, 1.165) is 0 Å². The second-order valence-electron chi connectivity index (χ2n) is 5.86. The lowest BCUT2D eigenvalue weighted by Gasteiger charge is -2.21. The Kier molecular flexibility index (Phi) is 6.12. The Bertz CT molecular complexity index is 590. The Morgan fingerprint density at radius 3 is 2.35 bits per heavy atom. The van der Waals surface area contributed by atoms with Gasteiger partial charge in [-0.3, -0.25) is 4.79 Å². The first-order valence-corrected chi connectivity index (χ1v) is 7.02. The normalized spacial score (nSPS) is 12.2. The summed E-state index contributed by atoms with van der Waals surface area (Å²) in [6, 6.07) is 5.09. The highest BCUT2D eigenvalue weighted by Crippen LogP contribution is 2.19. The molecular weight excluding hydrogens is 302 g/mol. The number of ether oxygens (including phenoxy) is 2. The molecule has 1 amide bonds. The van der Waals surface area contributed by atoms with Crippen LogP contribution in [0.5, 0.6) is 5.75 Å². The summed E-state index contributed by atoms with van der Waals surface area (Å²) in [6.45, 7) is 4.97. The van der Waals surface area contributed by atoms with Crippen LogP contribution in [0.2, 0.25) is 0 Å². The number of carboxylic acids is 1. The number of rotatable bonds is 6. The van der Waals surface area contributed by atoms with Gasteiger partial charge in [0, 0.05) is 6.42 Å². The minimum atomic E-state index is -1.39. The van der Waals surface area contributed by atoms with Gasteiger partial charge in [-0.1, -0.05) is 12.1 Å². The maximum atomic E-state index is 12.3. The van der Waals surface area contributed by atoms with Gasteiger partial charge in [-0.15, -0.1) is 0 Å². The highest BCUT2D eigenvalue weighted by Gasteiger charge is 2.27. The van der Waals surface area contributed by atoms with Gasteiger partial charge in [-0.2, -0.15) is 0 Å². The highest BCUT2D eigenvalue weighted by molar-refractivity contribution is 6.01. The number of para-hydroxylation sites is 1. The highest BCUT2D eigenvalue weighted by atomic mass is 16.6. The molecule has 0 aliphatic rings. The SMILES string of the molecule is COc1ccccc1C(=O)CC(NC(=O)OC(C)(C)C)C(=O)O. The molecule has 0 saturated heterocycles. The van der Waals surface area contributed by atoms with Crippen molar-refractivity contribution < 1.29 is 29.0 Å². The van der Waals surface area contributed by atoms with E-state index in [0.29, 0.717) is 5.75 Å². The summed E-state index contributed by atoms with van der Waals surface area (Å²) in [5.74, 6) is -1.43. The second-order valence-corrected chi connectivity index (χ2v) is 5.86. The van der Waals surface area contributed by atoms with E-state index in [-0.39, 0.29) is 5.56 Å². The molecule has 126 valence electrons. The maximum absolute atomic E-state index is 12.3. The molecule has 7 heteroatoms. The number of methoxy groups -OCH3 is 1. The summed E-state index contributed by atoms with van der Waals surface area (Å²) < 4.78 is 10.1. The number of hydrogen-bond donors (Lipinski definition) is 2. The minimum Gasteiger partial charge on any atom is -0.496 e. The zero-order valence-corrected chi connectivity index (χ0v) is 13.6. The van der Waals surface area contributed by atoms with E-state index in [2.05, 4.69) is 5.32 Å². The van der Waals surface area contributed by atoms with Crippen molar-refractivity contribution in [2.75, 3.05) is 7.11 Å². The molecule has 1 unspecified atom stereocenters. The van der Waals surface area contributed by atoms with Gasteiger partial charge in [-0.05, 0) is 32.9 Å². The molecule has 7 nitrogen and oxygen atoms in total. The molecule has 1 rings (SSSR count). The van der Waals surface area contributed by atoms with Crippen LogP contribution in [-0.4, -0.2) is 41.7 Å². The molecule has 0 saturated carbocycles. The fraction of sp³-hybridized carbons (Fsp3) is 0.438. The Labute approximate surface area is 134 Å². The molecule has 0 bridgehead atoms. The molecule has 2 N–H and O–H groups in total. The van der Waals surface area contributed by atoms with Crippen molar-refractivity contribution in [2.45, 2.75) is 38.8 Å². The quantitative estimate of drug-likeness (QED) is 0.779. The predicted octanol–water partition coefficient (Wildman–Crippen LogP) is 2.25. The van der Waals surface area contributed by atoms with Crippen molar-refractivity contribution >= 4 is 17.8 Å². The molecular formula is C16H21NO6. The van der Waals surface area contributed by atoms with Crippen LogP contribution in [0, 0.1) is 0 Å². The third kappa shape index (κ3) is 5.98. The molecule has 0 fully saturated rings. The van der Waals surface area contributed by atoms with Crippen molar-refractivity contribution in [1.82, 2.24) is 5.32 Å². The summed E-state index contributed by atoms with van der Waals surface area (Å²) in [5, 5.41) is 11.4.